The molecular formula is C25H36N5O2+. The summed E-state index contributed by atoms with van der Waals surface area (Å²) in [7, 11) is 1.54. The van der Waals surface area contributed by atoms with E-state index in [4.69, 9.17) is 15.5 Å². The van der Waals surface area contributed by atoms with Crippen molar-refractivity contribution in [3.8, 4) is 0 Å². The fourth-order valence-corrected chi connectivity index (χ4v) is 6.79. The molecule has 0 saturated carbocycles. The van der Waals surface area contributed by atoms with Crippen LogP contribution in [0.15, 0.2) is 30.3 Å². The van der Waals surface area contributed by atoms with Crippen LogP contribution in [0.3, 0.4) is 0 Å². The Morgan fingerprint density at radius 2 is 2.00 bits per heavy atom. The van der Waals surface area contributed by atoms with E-state index >= 15 is 0 Å². The fourth-order valence-electron chi connectivity index (χ4n) is 6.79. The van der Waals surface area contributed by atoms with Crippen molar-refractivity contribution in [2.45, 2.75) is 76.2 Å². The highest BCUT2D eigenvalue weighted by Crippen LogP contribution is 2.48. The molecule has 2 bridgehead atoms. The van der Waals surface area contributed by atoms with E-state index in [1.165, 1.54) is 18.5 Å². The molecule has 3 aliphatic heterocycles. The Labute approximate surface area is 190 Å². The van der Waals surface area contributed by atoms with E-state index in [9.17, 15) is 4.79 Å². The van der Waals surface area contributed by atoms with Gasteiger partial charge in [-0.15, -0.1) is 0 Å². The number of nitrogens with zero attached hydrogens (tertiary/aromatic N) is 3. The Kier molecular flexibility index (Phi) is 5.82. The first-order valence-electron chi connectivity index (χ1n) is 12.1. The number of nitrogens with two attached hydrogens (primary N) is 1. The predicted octanol–water partition coefficient (Wildman–Crippen LogP) is 3.38. The van der Waals surface area contributed by atoms with Crippen molar-refractivity contribution in [3.63, 3.8) is 0 Å². The zero-order valence-electron chi connectivity index (χ0n) is 19.3. The number of hydrogen-bond donors (Lipinski definition) is 2. The van der Waals surface area contributed by atoms with Gasteiger partial charge in [-0.3, -0.25) is 0 Å². The van der Waals surface area contributed by atoms with E-state index in [0.29, 0.717) is 10.5 Å². The maximum Gasteiger partial charge on any atom is 0.516 e. The molecule has 32 heavy (non-hydrogen) atoms. The van der Waals surface area contributed by atoms with E-state index in [-0.39, 0.29) is 24.2 Å². The van der Waals surface area contributed by atoms with Crippen molar-refractivity contribution in [2.75, 3.05) is 20.2 Å². The lowest BCUT2D eigenvalue weighted by Crippen LogP contribution is -2.64. The molecule has 2 unspecified atom stereocenters. The number of carbonyl (C=O) groups excluding carboxylic acids is 1. The number of methoxy groups -OCH3 is 1. The van der Waals surface area contributed by atoms with Crippen LogP contribution in [-0.4, -0.2) is 52.4 Å². The van der Waals surface area contributed by atoms with Crippen LogP contribution in [0.1, 0.15) is 67.0 Å². The molecule has 1 aromatic heterocycles. The summed E-state index contributed by atoms with van der Waals surface area (Å²) in [6.07, 6.45) is 5.90. The zero-order valence-corrected chi connectivity index (χ0v) is 19.3. The molecule has 3 atom stereocenters. The van der Waals surface area contributed by atoms with Gasteiger partial charge in [-0.25, -0.2) is 9.47 Å². The van der Waals surface area contributed by atoms with Crippen LogP contribution in [0.2, 0.25) is 0 Å². The van der Waals surface area contributed by atoms with Gasteiger partial charge in [0.1, 0.15) is 17.9 Å². The van der Waals surface area contributed by atoms with Crippen LogP contribution in [0.5, 0.6) is 0 Å². The van der Waals surface area contributed by atoms with Crippen molar-refractivity contribution >= 4 is 6.09 Å². The van der Waals surface area contributed by atoms with Crippen LogP contribution >= 0.6 is 0 Å². The highest BCUT2D eigenvalue weighted by molar-refractivity contribution is 5.60. The van der Waals surface area contributed by atoms with Gasteiger partial charge in [0.15, 0.2) is 0 Å². The first-order valence-corrected chi connectivity index (χ1v) is 12.1. The number of benzene rings is 1. The Morgan fingerprint density at radius 1 is 1.28 bits per heavy atom. The molecule has 1 amide bonds. The summed E-state index contributed by atoms with van der Waals surface area (Å²) in [6.45, 7) is 4.76. The van der Waals surface area contributed by atoms with Crippen molar-refractivity contribution in [3.05, 3.63) is 53.1 Å². The predicted molar refractivity (Wildman–Crippen MR) is 123 cm³/mol. The number of hydrogen-bond acceptors (Lipinski definition) is 5. The molecule has 7 heteroatoms. The number of carbonyl (C=O) groups is 1. The summed E-state index contributed by atoms with van der Waals surface area (Å²) >= 11 is 0. The van der Waals surface area contributed by atoms with Crippen LogP contribution < -0.4 is 11.1 Å². The number of aryl methyl sites for hydroxylation is 1. The summed E-state index contributed by atoms with van der Waals surface area (Å²) in [5.74, 6) is 1.12. The second-order valence-electron chi connectivity index (χ2n) is 9.79. The number of ether oxygens (including phenoxy) is 1. The van der Waals surface area contributed by atoms with Crippen molar-refractivity contribution in [1.29, 1.82) is 0 Å². The number of nitrogens with one attached hydrogen (secondary N) is 1. The molecule has 2 saturated heterocycles. The lowest BCUT2D eigenvalue weighted by molar-refractivity contribution is -0.899. The summed E-state index contributed by atoms with van der Waals surface area (Å²) in [5.41, 5.74) is 10.3. The van der Waals surface area contributed by atoms with Crippen molar-refractivity contribution < 1.29 is 14.0 Å². The minimum Gasteiger partial charge on any atom is -0.423 e. The van der Waals surface area contributed by atoms with Gasteiger partial charge < -0.3 is 20.4 Å². The Bertz CT molecular complexity index is 958. The maximum absolute atomic E-state index is 13.3. The zero-order chi connectivity index (χ0) is 22.3. The topological polar surface area (TPSA) is 82.2 Å². The number of aromatic nitrogens is 2. The molecule has 1 aromatic carbocycles. The minimum absolute atomic E-state index is 0.0663. The SMILES string of the molecule is COC(=O)[N+]1(CC[C@H](N)c2ccccc2)C2CCC1CC(n1c(C)nc3c1CCNC3)C2. The third-order valence-corrected chi connectivity index (χ3v) is 8.24. The third-order valence-electron chi connectivity index (χ3n) is 8.24. The first kappa shape index (κ1) is 21.6. The smallest absolute Gasteiger partial charge is 0.423 e. The van der Waals surface area contributed by atoms with E-state index in [0.717, 1.165) is 69.5 Å². The molecule has 0 spiro atoms. The molecule has 4 heterocycles. The summed E-state index contributed by atoms with van der Waals surface area (Å²) < 4.78 is 8.37. The normalized spacial score (nSPS) is 30.0. The van der Waals surface area contributed by atoms with Gasteiger partial charge in [-0.05, 0) is 12.5 Å². The standard InChI is InChI=1S/C25H36N5O2/c1-17-28-23-16-27-12-10-24(23)29(17)19-14-20-8-9-21(15-19)30(20,25(31)32-2)13-11-22(26)18-6-4-3-5-7-18/h3-7,19-22,27H,8-16,26H2,1-2H3/q+1/t19?,20?,21?,22-,30?/m0/s1. The summed E-state index contributed by atoms with van der Waals surface area (Å²) in [5, 5.41) is 3.44. The number of rotatable bonds is 5. The van der Waals surface area contributed by atoms with E-state index < -0.39 is 0 Å². The number of amides is 1. The molecule has 0 aliphatic carbocycles. The van der Waals surface area contributed by atoms with E-state index in [1.54, 1.807) is 0 Å². The molecule has 7 nitrogen and oxygen atoms in total. The Morgan fingerprint density at radius 3 is 2.69 bits per heavy atom. The first-order chi connectivity index (χ1) is 15.5. The van der Waals surface area contributed by atoms with Crippen LogP contribution in [0, 0.1) is 6.92 Å². The average molecular weight is 439 g/mol. The van der Waals surface area contributed by atoms with E-state index in [1.807, 2.05) is 18.2 Å². The van der Waals surface area contributed by atoms with Gasteiger partial charge in [-0.1, -0.05) is 30.3 Å². The lowest BCUT2D eigenvalue weighted by atomic mass is 9.92. The Hall–Kier alpha value is -2.22. The van der Waals surface area contributed by atoms with Gasteiger partial charge in [-0.2, -0.15) is 4.79 Å². The van der Waals surface area contributed by atoms with Crippen LogP contribution in [0.25, 0.3) is 0 Å². The third kappa shape index (κ3) is 3.47. The average Bonchev–Trinajstić information content (AvgIpc) is 3.24. The minimum atomic E-state index is -0.0789. The molecule has 2 fully saturated rings. The monoisotopic (exact) mass is 438 g/mol. The molecular weight excluding hydrogens is 402 g/mol. The van der Waals surface area contributed by atoms with Gasteiger partial charge in [0.2, 0.25) is 0 Å². The molecule has 0 radical (unpaired) electrons. The van der Waals surface area contributed by atoms with Crippen LogP contribution in [-0.2, 0) is 17.7 Å². The summed E-state index contributed by atoms with van der Waals surface area (Å²) in [6, 6.07) is 11.1. The molecule has 3 aliphatic rings. The number of fused-ring (bicyclic) bond motifs is 3. The van der Waals surface area contributed by atoms with Crippen molar-refractivity contribution in [2.24, 2.45) is 5.73 Å². The molecule has 2 aromatic rings. The highest BCUT2D eigenvalue weighted by Gasteiger charge is 2.60. The second-order valence-corrected chi connectivity index (χ2v) is 9.79. The number of imidazole rings is 1. The highest BCUT2D eigenvalue weighted by atomic mass is 16.5. The van der Waals surface area contributed by atoms with Gasteiger partial charge in [0.25, 0.3) is 0 Å². The van der Waals surface area contributed by atoms with E-state index in [2.05, 4.69) is 28.9 Å². The lowest BCUT2D eigenvalue weighted by Gasteiger charge is -2.47. The second kappa shape index (κ2) is 8.61. The number of quaternary nitrogens is 1. The summed E-state index contributed by atoms with van der Waals surface area (Å²) in [4.78, 5) is 18.1. The molecule has 172 valence electrons. The maximum atomic E-state index is 13.3. The van der Waals surface area contributed by atoms with Gasteiger partial charge in [0.05, 0.1) is 19.3 Å². The Balaban J connectivity index is 1.39. The van der Waals surface area contributed by atoms with Crippen LogP contribution in [0.4, 0.5) is 4.79 Å². The van der Waals surface area contributed by atoms with Gasteiger partial charge >= 0.3 is 6.09 Å². The molecule has 3 N–H and O–H groups in total. The number of piperidine rings is 1. The molecule has 5 rings (SSSR count). The largest absolute Gasteiger partial charge is 0.516 e. The quantitative estimate of drug-likeness (QED) is 0.700. The van der Waals surface area contributed by atoms with Gasteiger partial charge in [0, 0.05) is 69.4 Å². The van der Waals surface area contributed by atoms with Crippen molar-refractivity contribution in [1.82, 2.24) is 14.9 Å². The fraction of sp³-hybridized carbons (Fsp3) is 0.600.